The van der Waals surface area contributed by atoms with Crippen LogP contribution in [0.15, 0.2) is 164 Å². The Balaban J connectivity index is 1.15. The molecule has 0 fully saturated rings. The largest absolute Gasteiger partial charge is 0.256 e. The average Bonchev–Trinajstić information content (AvgIpc) is 3.41. The van der Waals surface area contributed by atoms with E-state index in [2.05, 4.69) is 152 Å². The predicted molar refractivity (Wildman–Crippen MR) is 202 cm³/mol. The molecule has 2 heterocycles. The number of nitrogens with zero attached hydrogens (tertiary/aromatic N) is 3. The minimum Gasteiger partial charge on any atom is -0.256 e. The molecule has 1 aliphatic carbocycles. The Bertz CT molecular complexity index is 2500. The molecule has 0 spiro atoms. The summed E-state index contributed by atoms with van der Waals surface area (Å²) in [6, 6.07) is 55.8. The summed E-state index contributed by atoms with van der Waals surface area (Å²) < 4.78 is 0. The molecule has 6 aromatic carbocycles. The van der Waals surface area contributed by atoms with Crippen molar-refractivity contribution in [1.29, 1.82) is 0 Å². The van der Waals surface area contributed by atoms with Crippen molar-refractivity contribution in [3.05, 3.63) is 175 Å². The van der Waals surface area contributed by atoms with Gasteiger partial charge in [-0.15, -0.1) is 0 Å². The molecule has 0 N–H and O–H groups in total. The fourth-order valence-electron chi connectivity index (χ4n) is 7.37. The summed E-state index contributed by atoms with van der Waals surface area (Å²) in [6.45, 7) is 4.69. The van der Waals surface area contributed by atoms with Crippen LogP contribution >= 0.6 is 0 Å². The monoisotopic (exact) mass is 627 g/mol. The normalized spacial score (nSPS) is 12.9. The highest BCUT2D eigenvalue weighted by molar-refractivity contribution is 6.03. The molecule has 0 aliphatic heterocycles. The highest BCUT2D eigenvalue weighted by Gasteiger charge is 2.36. The van der Waals surface area contributed by atoms with Crippen LogP contribution in [0.1, 0.15) is 25.0 Å². The van der Waals surface area contributed by atoms with E-state index < -0.39 is 0 Å². The lowest BCUT2D eigenvalue weighted by atomic mass is 9.82. The van der Waals surface area contributed by atoms with Gasteiger partial charge in [0.15, 0.2) is 5.82 Å². The van der Waals surface area contributed by atoms with E-state index in [0.717, 1.165) is 44.9 Å². The molecule has 3 nitrogen and oxygen atoms in total. The highest BCUT2D eigenvalue weighted by atomic mass is 14.9. The first-order valence-corrected chi connectivity index (χ1v) is 16.8. The Morgan fingerprint density at radius 3 is 1.88 bits per heavy atom. The first-order chi connectivity index (χ1) is 24.0. The Kier molecular flexibility index (Phi) is 6.80. The molecule has 0 saturated heterocycles. The van der Waals surface area contributed by atoms with Crippen molar-refractivity contribution < 1.29 is 0 Å². The molecule has 9 rings (SSSR count). The van der Waals surface area contributed by atoms with Crippen LogP contribution in [0.25, 0.3) is 78.2 Å². The molecule has 232 valence electrons. The fourth-order valence-corrected chi connectivity index (χ4v) is 7.37. The Hall–Kier alpha value is -6.19. The van der Waals surface area contributed by atoms with Crippen molar-refractivity contribution in [2.45, 2.75) is 19.3 Å². The minimum absolute atomic E-state index is 0.0594. The Morgan fingerprint density at radius 2 is 1.06 bits per heavy atom. The summed E-state index contributed by atoms with van der Waals surface area (Å²) in [6.07, 6.45) is 1.82. The molecule has 0 unspecified atom stereocenters. The van der Waals surface area contributed by atoms with Crippen LogP contribution in [0.4, 0.5) is 0 Å². The number of pyridine rings is 1. The zero-order valence-electron chi connectivity index (χ0n) is 27.4. The number of hydrogen-bond acceptors (Lipinski definition) is 3. The summed E-state index contributed by atoms with van der Waals surface area (Å²) in [7, 11) is 0. The van der Waals surface area contributed by atoms with E-state index in [9.17, 15) is 0 Å². The number of rotatable bonds is 5. The van der Waals surface area contributed by atoms with Crippen molar-refractivity contribution in [1.82, 2.24) is 15.0 Å². The van der Waals surface area contributed by atoms with E-state index in [1.807, 2.05) is 30.5 Å². The zero-order chi connectivity index (χ0) is 33.0. The molecule has 8 aromatic rings. The molecule has 0 amide bonds. The zero-order valence-corrected chi connectivity index (χ0v) is 27.4. The summed E-state index contributed by atoms with van der Waals surface area (Å²) in [5, 5.41) is 2.59. The van der Waals surface area contributed by atoms with Crippen LogP contribution in [0.2, 0.25) is 0 Å². The molecular weight excluding hydrogens is 595 g/mol. The number of fused-ring (bicyclic) bond motifs is 5. The third kappa shape index (κ3) is 5.03. The van der Waals surface area contributed by atoms with Crippen molar-refractivity contribution in [3.63, 3.8) is 0 Å². The molecule has 3 heteroatoms. The van der Waals surface area contributed by atoms with Crippen LogP contribution in [-0.4, -0.2) is 15.0 Å². The van der Waals surface area contributed by atoms with Gasteiger partial charge < -0.3 is 0 Å². The molecular formula is C46H33N3. The molecule has 1 aliphatic rings. The van der Waals surface area contributed by atoms with Crippen molar-refractivity contribution >= 4 is 10.8 Å². The standard InChI is InChI=1S/C46H33N3/c1-46(2)39-24-23-35(28-38(39)44-37-16-7-6-11-30(37)22-25-40(44)46)34-14-10-15-36(27-34)43-29-42(31-12-4-3-5-13-31)48-45(49-43)33-20-18-32(19-21-33)41-17-8-9-26-47-41/h3-29H,1-2H3. The second kappa shape index (κ2) is 11.5. The van der Waals surface area contributed by atoms with E-state index in [0.29, 0.717) is 5.82 Å². The number of hydrogen-bond donors (Lipinski definition) is 0. The van der Waals surface area contributed by atoms with E-state index >= 15 is 0 Å². The van der Waals surface area contributed by atoms with Gasteiger partial charge in [-0.25, -0.2) is 9.97 Å². The van der Waals surface area contributed by atoms with E-state index in [4.69, 9.17) is 9.97 Å². The van der Waals surface area contributed by atoms with E-state index in [1.165, 1.54) is 38.6 Å². The van der Waals surface area contributed by atoms with E-state index in [-0.39, 0.29) is 5.41 Å². The average molecular weight is 628 g/mol. The van der Waals surface area contributed by atoms with Gasteiger partial charge in [0.25, 0.3) is 0 Å². The number of aromatic nitrogens is 3. The lowest BCUT2D eigenvalue weighted by molar-refractivity contribution is 0.661. The van der Waals surface area contributed by atoms with Gasteiger partial charge in [0, 0.05) is 33.9 Å². The smallest absolute Gasteiger partial charge is 0.160 e. The molecule has 0 saturated carbocycles. The number of benzene rings is 6. The van der Waals surface area contributed by atoms with E-state index in [1.54, 1.807) is 0 Å². The maximum Gasteiger partial charge on any atom is 0.160 e. The van der Waals surface area contributed by atoms with Gasteiger partial charge in [-0.2, -0.15) is 0 Å². The first kappa shape index (κ1) is 29.0. The van der Waals surface area contributed by atoms with Gasteiger partial charge in [-0.3, -0.25) is 4.98 Å². The maximum absolute atomic E-state index is 5.15. The van der Waals surface area contributed by atoms with Gasteiger partial charge in [0.1, 0.15) is 0 Å². The van der Waals surface area contributed by atoms with Gasteiger partial charge in [0.05, 0.1) is 17.1 Å². The first-order valence-electron chi connectivity index (χ1n) is 16.8. The maximum atomic E-state index is 5.15. The third-order valence-corrected chi connectivity index (χ3v) is 9.96. The quantitative estimate of drug-likeness (QED) is 0.191. The van der Waals surface area contributed by atoms with Crippen molar-refractivity contribution in [2.75, 3.05) is 0 Å². The van der Waals surface area contributed by atoms with Gasteiger partial charge in [0.2, 0.25) is 0 Å². The van der Waals surface area contributed by atoms with Gasteiger partial charge in [-0.1, -0.05) is 141 Å². The summed E-state index contributed by atoms with van der Waals surface area (Å²) in [5.41, 5.74) is 14.6. The fraction of sp³-hybridized carbons (Fsp3) is 0.0652. The molecule has 2 aromatic heterocycles. The van der Waals surface area contributed by atoms with Gasteiger partial charge >= 0.3 is 0 Å². The predicted octanol–water partition coefficient (Wildman–Crippen LogP) is 11.7. The van der Waals surface area contributed by atoms with Crippen molar-refractivity contribution in [3.8, 4) is 67.4 Å². The summed E-state index contributed by atoms with van der Waals surface area (Å²) in [5.74, 6) is 0.692. The van der Waals surface area contributed by atoms with Crippen LogP contribution in [0, 0.1) is 0 Å². The second-order valence-corrected chi connectivity index (χ2v) is 13.3. The minimum atomic E-state index is -0.0594. The van der Waals surface area contributed by atoms with Crippen LogP contribution < -0.4 is 0 Å². The third-order valence-electron chi connectivity index (χ3n) is 9.96. The summed E-state index contributed by atoms with van der Waals surface area (Å²) in [4.78, 5) is 14.7. The van der Waals surface area contributed by atoms with Crippen LogP contribution in [0.5, 0.6) is 0 Å². The van der Waals surface area contributed by atoms with Crippen LogP contribution in [0.3, 0.4) is 0 Å². The van der Waals surface area contributed by atoms with Gasteiger partial charge in [-0.05, 0) is 74.5 Å². The van der Waals surface area contributed by atoms with Crippen LogP contribution in [-0.2, 0) is 5.41 Å². The SMILES string of the molecule is CC1(C)c2ccc(-c3cccc(-c4cc(-c5ccccc5)nc(-c5ccc(-c6ccccn6)cc5)n4)c3)cc2-c2c1ccc1ccccc21. The lowest BCUT2D eigenvalue weighted by Gasteiger charge is -2.21. The molecule has 0 radical (unpaired) electrons. The molecule has 0 bridgehead atoms. The Labute approximate surface area is 286 Å². The second-order valence-electron chi connectivity index (χ2n) is 13.3. The summed E-state index contributed by atoms with van der Waals surface area (Å²) >= 11 is 0. The lowest BCUT2D eigenvalue weighted by Crippen LogP contribution is -2.14. The molecule has 49 heavy (non-hydrogen) atoms. The molecule has 0 atom stereocenters. The highest BCUT2D eigenvalue weighted by Crippen LogP contribution is 2.52. The Morgan fingerprint density at radius 1 is 0.429 bits per heavy atom. The van der Waals surface area contributed by atoms with Crippen molar-refractivity contribution in [2.24, 2.45) is 0 Å². The topological polar surface area (TPSA) is 38.7 Å².